The first kappa shape index (κ1) is 14.6. The zero-order chi connectivity index (χ0) is 14.0. The number of methoxy groups -OCH3 is 1. The first-order valence-corrected chi connectivity index (χ1v) is 7.24. The Morgan fingerprint density at radius 3 is 2.84 bits per heavy atom. The minimum atomic E-state index is 0.182. The standard InChI is InChI=1S/C14H21BrN2O2/c1-14(8-16)3-4-17(9-14)7-10-5-12(18)13(19-2)6-11(10)15/h5-6,18H,3-4,7-9,16H2,1-2H3. The predicted molar refractivity (Wildman–Crippen MR) is 79.4 cm³/mol. The average molecular weight is 329 g/mol. The lowest BCUT2D eigenvalue weighted by atomic mass is 9.90. The van der Waals surface area contributed by atoms with Crippen LogP contribution in [0.3, 0.4) is 0 Å². The van der Waals surface area contributed by atoms with E-state index in [2.05, 4.69) is 27.8 Å². The molecule has 3 N–H and O–H groups in total. The van der Waals surface area contributed by atoms with Crippen LogP contribution in [-0.2, 0) is 6.54 Å². The summed E-state index contributed by atoms with van der Waals surface area (Å²) in [6, 6.07) is 3.57. The first-order valence-electron chi connectivity index (χ1n) is 6.45. The van der Waals surface area contributed by atoms with E-state index >= 15 is 0 Å². The highest BCUT2D eigenvalue weighted by atomic mass is 79.9. The van der Waals surface area contributed by atoms with E-state index in [1.54, 1.807) is 13.2 Å². The van der Waals surface area contributed by atoms with E-state index < -0.39 is 0 Å². The van der Waals surface area contributed by atoms with Crippen LogP contribution in [0.25, 0.3) is 0 Å². The van der Waals surface area contributed by atoms with Gasteiger partial charge in [0.05, 0.1) is 7.11 Å². The molecule has 4 nitrogen and oxygen atoms in total. The number of halogens is 1. The Balaban J connectivity index is 2.10. The van der Waals surface area contributed by atoms with Gasteiger partial charge in [-0.25, -0.2) is 0 Å². The van der Waals surface area contributed by atoms with E-state index in [1.165, 1.54) is 0 Å². The van der Waals surface area contributed by atoms with E-state index in [-0.39, 0.29) is 11.2 Å². The molecule has 0 saturated carbocycles. The van der Waals surface area contributed by atoms with Gasteiger partial charge < -0.3 is 15.6 Å². The van der Waals surface area contributed by atoms with Crippen LogP contribution in [0.2, 0.25) is 0 Å². The average Bonchev–Trinajstić information content (AvgIpc) is 2.76. The van der Waals surface area contributed by atoms with Crippen molar-refractivity contribution in [2.24, 2.45) is 11.1 Å². The minimum Gasteiger partial charge on any atom is -0.504 e. The van der Waals surface area contributed by atoms with Gasteiger partial charge in [0, 0.05) is 17.6 Å². The number of nitrogens with two attached hydrogens (primary N) is 1. The number of hydrogen-bond acceptors (Lipinski definition) is 4. The molecule has 0 amide bonds. The Morgan fingerprint density at radius 2 is 2.26 bits per heavy atom. The molecular formula is C14H21BrN2O2. The molecule has 1 atom stereocenters. The van der Waals surface area contributed by atoms with Crippen LogP contribution in [0.5, 0.6) is 11.5 Å². The molecule has 1 unspecified atom stereocenters. The summed E-state index contributed by atoms with van der Waals surface area (Å²) >= 11 is 3.53. The van der Waals surface area contributed by atoms with Crippen LogP contribution in [0.1, 0.15) is 18.9 Å². The van der Waals surface area contributed by atoms with E-state index in [9.17, 15) is 5.11 Å². The Labute approximate surface area is 122 Å². The Hall–Kier alpha value is -0.780. The van der Waals surface area contributed by atoms with Gasteiger partial charge in [0.2, 0.25) is 0 Å². The number of rotatable bonds is 4. The monoisotopic (exact) mass is 328 g/mol. The van der Waals surface area contributed by atoms with Gasteiger partial charge >= 0.3 is 0 Å². The minimum absolute atomic E-state index is 0.182. The molecule has 1 aromatic carbocycles. The summed E-state index contributed by atoms with van der Waals surface area (Å²) in [6.07, 6.45) is 1.13. The van der Waals surface area contributed by atoms with Crippen LogP contribution in [0.4, 0.5) is 0 Å². The number of phenols is 1. The fourth-order valence-electron chi connectivity index (χ4n) is 2.54. The lowest BCUT2D eigenvalue weighted by Gasteiger charge is -2.23. The molecule has 0 aliphatic carbocycles. The van der Waals surface area contributed by atoms with Crippen LogP contribution in [0, 0.1) is 5.41 Å². The number of benzene rings is 1. The zero-order valence-electron chi connectivity index (χ0n) is 11.4. The molecule has 1 fully saturated rings. The summed E-state index contributed by atoms with van der Waals surface area (Å²) in [4.78, 5) is 2.37. The molecule has 0 aromatic heterocycles. The van der Waals surface area contributed by atoms with Gasteiger partial charge in [-0.05, 0) is 42.6 Å². The quantitative estimate of drug-likeness (QED) is 0.890. The molecule has 1 heterocycles. The van der Waals surface area contributed by atoms with Gasteiger partial charge in [0.15, 0.2) is 11.5 Å². The normalized spacial score (nSPS) is 23.8. The Bertz CT molecular complexity index is 467. The molecule has 1 aromatic rings. The van der Waals surface area contributed by atoms with Crippen molar-refractivity contribution in [2.75, 3.05) is 26.7 Å². The summed E-state index contributed by atoms with van der Waals surface area (Å²) in [7, 11) is 1.55. The highest BCUT2D eigenvalue weighted by Gasteiger charge is 2.32. The van der Waals surface area contributed by atoms with Crippen molar-refractivity contribution in [1.29, 1.82) is 0 Å². The third-order valence-electron chi connectivity index (χ3n) is 3.87. The highest BCUT2D eigenvalue weighted by molar-refractivity contribution is 9.10. The number of phenolic OH excluding ortho intramolecular Hbond substituents is 1. The predicted octanol–water partition coefficient (Wildman–Crippen LogP) is 2.33. The van der Waals surface area contributed by atoms with Crippen molar-refractivity contribution in [3.05, 3.63) is 22.2 Å². The smallest absolute Gasteiger partial charge is 0.161 e. The summed E-state index contributed by atoms with van der Waals surface area (Å²) in [5, 5.41) is 9.85. The number of likely N-dealkylation sites (tertiary alicyclic amines) is 1. The van der Waals surface area contributed by atoms with Gasteiger partial charge in [-0.2, -0.15) is 0 Å². The van der Waals surface area contributed by atoms with E-state index in [4.69, 9.17) is 10.5 Å². The molecule has 0 bridgehead atoms. The SMILES string of the molecule is COc1cc(Br)c(CN2CCC(C)(CN)C2)cc1O. The molecule has 106 valence electrons. The summed E-state index contributed by atoms with van der Waals surface area (Å²) < 4.78 is 6.05. The van der Waals surface area contributed by atoms with E-state index in [0.717, 1.165) is 42.6 Å². The van der Waals surface area contributed by atoms with Crippen molar-refractivity contribution in [3.63, 3.8) is 0 Å². The van der Waals surface area contributed by atoms with Crippen LogP contribution in [-0.4, -0.2) is 36.8 Å². The maximum atomic E-state index is 9.85. The van der Waals surface area contributed by atoms with Crippen LogP contribution < -0.4 is 10.5 Å². The summed E-state index contributed by atoms with van der Waals surface area (Å²) in [6.45, 7) is 5.81. The molecule has 0 spiro atoms. The maximum Gasteiger partial charge on any atom is 0.161 e. The van der Waals surface area contributed by atoms with Gasteiger partial charge in [-0.15, -0.1) is 0 Å². The van der Waals surface area contributed by atoms with Crippen LogP contribution >= 0.6 is 15.9 Å². The second kappa shape index (κ2) is 5.69. The number of nitrogens with zero attached hydrogens (tertiary/aromatic N) is 1. The second-order valence-corrected chi connectivity index (χ2v) is 6.45. The number of ether oxygens (including phenoxy) is 1. The maximum absolute atomic E-state index is 9.85. The second-order valence-electron chi connectivity index (χ2n) is 5.59. The van der Waals surface area contributed by atoms with E-state index in [1.807, 2.05) is 6.07 Å². The molecule has 1 aliphatic rings. The van der Waals surface area contributed by atoms with Gasteiger partial charge in [-0.1, -0.05) is 22.9 Å². The number of hydrogen-bond donors (Lipinski definition) is 2. The molecule has 0 radical (unpaired) electrons. The van der Waals surface area contributed by atoms with Crippen molar-refractivity contribution in [2.45, 2.75) is 19.9 Å². The summed E-state index contributed by atoms with van der Waals surface area (Å²) in [5.74, 6) is 0.672. The van der Waals surface area contributed by atoms with E-state index in [0.29, 0.717) is 5.75 Å². The van der Waals surface area contributed by atoms with Crippen molar-refractivity contribution in [1.82, 2.24) is 4.90 Å². The molecule has 1 saturated heterocycles. The Morgan fingerprint density at radius 1 is 1.53 bits per heavy atom. The lowest BCUT2D eigenvalue weighted by molar-refractivity contribution is 0.273. The van der Waals surface area contributed by atoms with Crippen molar-refractivity contribution in [3.8, 4) is 11.5 Å². The lowest BCUT2D eigenvalue weighted by Crippen LogP contribution is -2.31. The zero-order valence-corrected chi connectivity index (χ0v) is 13.0. The molecule has 5 heteroatoms. The molecule has 19 heavy (non-hydrogen) atoms. The fraction of sp³-hybridized carbons (Fsp3) is 0.571. The first-order chi connectivity index (χ1) is 8.97. The fourth-order valence-corrected chi connectivity index (χ4v) is 2.99. The van der Waals surface area contributed by atoms with Gasteiger partial charge in [0.25, 0.3) is 0 Å². The highest BCUT2D eigenvalue weighted by Crippen LogP contribution is 2.35. The number of aromatic hydroxyl groups is 1. The van der Waals surface area contributed by atoms with Crippen LogP contribution in [0.15, 0.2) is 16.6 Å². The molecule has 2 rings (SSSR count). The molecular weight excluding hydrogens is 308 g/mol. The van der Waals surface area contributed by atoms with Gasteiger partial charge in [0.1, 0.15) is 0 Å². The Kier molecular flexibility index (Phi) is 4.38. The largest absolute Gasteiger partial charge is 0.504 e. The third kappa shape index (κ3) is 3.22. The third-order valence-corrected chi connectivity index (χ3v) is 4.61. The molecule has 1 aliphatic heterocycles. The van der Waals surface area contributed by atoms with Gasteiger partial charge in [-0.3, -0.25) is 4.90 Å². The topological polar surface area (TPSA) is 58.7 Å². The van der Waals surface area contributed by atoms with Crippen molar-refractivity contribution >= 4 is 15.9 Å². The van der Waals surface area contributed by atoms with Crippen molar-refractivity contribution < 1.29 is 9.84 Å². The summed E-state index contributed by atoms with van der Waals surface area (Å²) in [5.41, 5.74) is 7.12.